The number of benzene rings is 1. The van der Waals surface area contributed by atoms with Crippen LogP contribution >= 0.6 is 0 Å². The zero-order valence-corrected chi connectivity index (χ0v) is 11.8. The summed E-state index contributed by atoms with van der Waals surface area (Å²) >= 11 is 0. The van der Waals surface area contributed by atoms with Crippen molar-refractivity contribution < 1.29 is 9.16 Å². The molecule has 2 atom stereocenters. The fourth-order valence-electron chi connectivity index (χ4n) is 2.82. The Morgan fingerprint density at radius 2 is 2.06 bits per heavy atom. The van der Waals surface area contributed by atoms with Crippen LogP contribution in [0, 0.1) is 0 Å². The topological polar surface area (TPSA) is 21.8 Å². The van der Waals surface area contributed by atoms with Gasteiger partial charge in [0.05, 0.1) is 0 Å². The van der Waals surface area contributed by atoms with E-state index < -0.39 is 14.1 Å². The maximum absolute atomic E-state index is 6.36. The molecule has 0 radical (unpaired) electrons. The summed E-state index contributed by atoms with van der Waals surface area (Å²) in [6.45, 7) is 6.69. The molecular formula is C14H20O2Si. The second-order valence-corrected chi connectivity index (χ2v) is 10.5. The first kappa shape index (κ1) is 11.4. The van der Waals surface area contributed by atoms with Gasteiger partial charge in [0, 0.05) is 5.56 Å². The second kappa shape index (κ2) is 3.67. The Morgan fingerprint density at radius 3 is 2.82 bits per heavy atom. The smallest absolute Gasteiger partial charge is 0.213 e. The molecule has 1 heterocycles. The maximum atomic E-state index is 6.36. The van der Waals surface area contributed by atoms with Crippen LogP contribution in [0.4, 0.5) is 0 Å². The summed E-state index contributed by atoms with van der Waals surface area (Å²) in [5, 5.41) is 0. The van der Waals surface area contributed by atoms with Gasteiger partial charge in [0.15, 0.2) is 8.32 Å². The van der Waals surface area contributed by atoms with Gasteiger partial charge in [0.25, 0.3) is 0 Å². The maximum Gasteiger partial charge on any atom is 0.213 e. The molecule has 0 bridgehead atoms. The number of hydrogen-bond acceptors (Lipinski definition) is 2. The lowest BCUT2D eigenvalue weighted by atomic mass is 10.0. The van der Waals surface area contributed by atoms with Gasteiger partial charge in [-0.05, 0) is 44.5 Å². The zero-order valence-electron chi connectivity index (χ0n) is 10.8. The van der Waals surface area contributed by atoms with Crippen LogP contribution in [0.3, 0.4) is 0 Å². The molecule has 1 saturated heterocycles. The van der Waals surface area contributed by atoms with Gasteiger partial charge in [-0.3, -0.25) is 0 Å². The molecule has 0 N–H and O–H groups in total. The molecule has 2 aliphatic rings. The summed E-state index contributed by atoms with van der Waals surface area (Å²) in [5.41, 5.74) is 2.69. The van der Waals surface area contributed by atoms with E-state index in [4.69, 9.17) is 9.16 Å². The van der Waals surface area contributed by atoms with E-state index in [0.717, 1.165) is 12.8 Å². The molecule has 0 spiro atoms. The fourth-order valence-corrected chi connectivity index (χ4v) is 4.02. The summed E-state index contributed by atoms with van der Waals surface area (Å²) < 4.78 is 12.3. The van der Waals surface area contributed by atoms with E-state index in [1.54, 1.807) is 0 Å². The third-order valence-electron chi connectivity index (χ3n) is 3.45. The predicted molar refractivity (Wildman–Crippen MR) is 70.4 cm³/mol. The van der Waals surface area contributed by atoms with Gasteiger partial charge in [-0.1, -0.05) is 24.3 Å². The Hall–Kier alpha value is -0.643. The normalized spacial score (nSPS) is 31.4. The number of rotatable bonds is 2. The monoisotopic (exact) mass is 248 g/mol. The largest absolute Gasteiger partial charge is 0.385 e. The summed E-state index contributed by atoms with van der Waals surface area (Å²) in [6.07, 6.45) is 3.78. The Bertz CT molecular complexity index is 438. The van der Waals surface area contributed by atoms with Crippen molar-refractivity contribution in [2.24, 2.45) is 0 Å². The number of ether oxygens (including phenoxy) is 1. The second-order valence-electron chi connectivity index (χ2n) is 6.04. The van der Waals surface area contributed by atoms with Gasteiger partial charge >= 0.3 is 0 Å². The lowest BCUT2D eigenvalue weighted by Crippen LogP contribution is -2.34. The molecule has 1 aromatic rings. The highest BCUT2D eigenvalue weighted by atomic mass is 28.4. The molecule has 1 aromatic carbocycles. The van der Waals surface area contributed by atoms with Crippen molar-refractivity contribution in [3.8, 4) is 0 Å². The molecule has 2 nitrogen and oxygen atoms in total. The van der Waals surface area contributed by atoms with Gasteiger partial charge in [0.1, 0.15) is 6.10 Å². The Morgan fingerprint density at radius 1 is 1.29 bits per heavy atom. The predicted octanol–water partition coefficient (Wildman–Crippen LogP) is 3.43. The summed E-state index contributed by atoms with van der Waals surface area (Å²) in [7, 11) is -1.59. The number of aryl methyl sites for hydroxylation is 1. The van der Waals surface area contributed by atoms with E-state index in [1.165, 1.54) is 17.5 Å². The minimum absolute atomic E-state index is 0.290. The van der Waals surface area contributed by atoms with Crippen LogP contribution < -0.4 is 0 Å². The van der Waals surface area contributed by atoms with E-state index in [2.05, 4.69) is 43.9 Å². The zero-order chi connectivity index (χ0) is 12.1. The van der Waals surface area contributed by atoms with Crippen LogP contribution in [0.15, 0.2) is 24.3 Å². The highest BCUT2D eigenvalue weighted by Gasteiger charge is 2.61. The quantitative estimate of drug-likeness (QED) is 0.591. The van der Waals surface area contributed by atoms with E-state index in [9.17, 15) is 0 Å². The average Bonchev–Trinajstić information content (AvgIpc) is 2.90. The van der Waals surface area contributed by atoms with Gasteiger partial charge in [0.2, 0.25) is 5.79 Å². The van der Waals surface area contributed by atoms with Crippen LogP contribution in [0.1, 0.15) is 24.0 Å². The molecule has 1 aliphatic heterocycles. The van der Waals surface area contributed by atoms with E-state index in [0.29, 0.717) is 0 Å². The number of hydrogen-bond donors (Lipinski definition) is 0. The highest BCUT2D eigenvalue weighted by Crippen LogP contribution is 2.53. The highest BCUT2D eigenvalue weighted by molar-refractivity contribution is 6.69. The van der Waals surface area contributed by atoms with Crippen LogP contribution in [-0.4, -0.2) is 14.4 Å². The molecule has 3 heteroatoms. The SMILES string of the molecule is C[Si](C)(C)OC12OC1CCCc1ccccc12. The van der Waals surface area contributed by atoms with Crippen LogP contribution in [0.25, 0.3) is 0 Å². The molecule has 17 heavy (non-hydrogen) atoms. The molecule has 1 fully saturated rings. The fraction of sp³-hybridized carbons (Fsp3) is 0.571. The van der Waals surface area contributed by atoms with Gasteiger partial charge in [-0.15, -0.1) is 0 Å². The van der Waals surface area contributed by atoms with Gasteiger partial charge < -0.3 is 9.16 Å². The first-order valence-corrected chi connectivity index (χ1v) is 9.88. The van der Waals surface area contributed by atoms with E-state index in [1.807, 2.05) is 0 Å². The molecular weight excluding hydrogens is 228 g/mol. The third-order valence-corrected chi connectivity index (χ3v) is 4.36. The standard InChI is InChI=1S/C14H20O2Si/c1-17(2,3)16-14-12-9-5-4-7-11(12)8-6-10-13(14)15-14/h4-5,7,9,13H,6,8,10H2,1-3H3. The van der Waals surface area contributed by atoms with Crippen LogP contribution in [0.5, 0.6) is 0 Å². The molecule has 0 saturated carbocycles. The van der Waals surface area contributed by atoms with Crippen molar-refractivity contribution in [1.82, 2.24) is 0 Å². The molecule has 3 rings (SSSR count). The lowest BCUT2D eigenvalue weighted by molar-refractivity contribution is 0.0513. The first-order valence-electron chi connectivity index (χ1n) is 6.48. The Balaban J connectivity index is 2.01. The Kier molecular flexibility index (Phi) is 2.47. The van der Waals surface area contributed by atoms with E-state index >= 15 is 0 Å². The van der Waals surface area contributed by atoms with Crippen LogP contribution in [0.2, 0.25) is 19.6 Å². The minimum Gasteiger partial charge on any atom is -0.385 e. The van der Waals surface area contributed by atoms with Gasteiger partial charge in [-0.2, -0.15) is 0 Å². The molecule has 1 aliphatic carbocycles. The van der Waals surface area contributed by atoms with E-state index in [-0.39, 0.29) is 6.10 Å². The summed E-state index contributed by atoms with van der Waals surface area (Å²) in [4.78, 5) is 0. The van der Waals surface area contributed by atoms with Gasteiger partial charge in [-0.25, -0.2) is 0 Å². The summed E-state index contributed by atoms with van der Waals surface area (Å²) in [6, 6.07) is 8.61. The number of epoxide rings is 1. The van der Waals surface area contributed by atoms with Crippen molar-refractivity contribution in [1.29, 1.82) is 0 Å². The number of fused-ring (bicyclic) bond motifs is 3. The van der Waals surface area contributed by atoms with Crippen molar-refractivity contribution in [2.75, 3.05) is 0 Å². The van der Waals surface area contributed by atoms with Crippen LogP contribution in [-0.2, 0) is 21.4 Å². The van der Waals surface area contributed by atoms with Crippen molar-refractivity contribution >= 4 is 8.32 Å². The van der Waals surface area contributed by atoms with Crippen molar-refractivity contribution in [2.45, 2.75) is 50.8 Å². The van der Waals surface area contributed by atoms with Crippen molar-refractivity contribution in [3.63, 3.8) is 0 Å². The van der Waals surface area contributed by atoms with Crippen molar-refractivity contribution in [3.05, 3.63) is 35.4 Å². The molecule has 0 aromatic heterocycles. The first-order chi connectivity index (χ1) is 8.01. The third kappa shape index (κ3) is 1.96. The molecule has 0 amide bonds. The average molecular weight is 248 g/mol. The Labute approximate surface area is 104 Å². The molecule has 2 unspecified atom stereocenters. The minimum atomic E-state index is -1.59. The lowest BCUT2D eigenvalue weighted by Gasteiger charge is -2.25. The molecule has 92 valence electrons. The summed E-state index contributed by atoms with van der Waals surface area (Å²) in [5.74, 6) is -0.391.